The number of alkyl carbamates (subject to hydrolysis) is 1. The van der Waals surface area contributed by atoms with Gasteiger partial charge >= 0.3 is 6.09 Å². The minimum absolute atomic E-state index is 0.201. The lowest BCUT2D eigenvalue weighted by Gasteiger charge is -2.24. The smallest absolute Gasteiger partial charge is 0.408 e. The number of amides is 1. The zero-order valence-corrected chi connectivity index (χ0v) is 14.8. The molecule has 7 heteroatoms. The van der Waals surface area contributed by atoms with E-state index in [4.69, 9.17) is 39.5 Å². The predicted octanol–water partition coefficient (Wildman–Crippen LogP) is 4.06. The first-order valence-corrected chi connectivity index (χ1v) is 7.77. The molecule has 0 aliphatic rings. The standard InChI is InChI=1S/C15H18Cl3NO3/c1-14(2,3)22-13(21)19-11(12(20)15(16,17)18)9-10-7-5-4-6-8-10/h4-8,11H,9H2,1-3H3,(H,19,21)/t11-/m1/s1. The van der Waals surface area contributed by atoms with Crippen LogP contribution >= 0.6 is 34.8 Å². The normalized spacial score (nSPS) is 13.4. The van der Waals surface area contributed by atoms with Crippen LogP contribution in [0.15, 0.2) is 30.3 Å². The van der Waals surface area contributed by atoms with E-state index in [9.17, 15) is 9.59 Å². The summed E-state index contributed by atoms with van der Waals surface area (Å²) in [6.07, 6.45) is -0.539. The Morgan fingerprint density at radius 3 is 2.14 bits per heavy atom. The SMILES string of the molecule is CC(C)(C)OC(=O)N[C@H](Cc1ccccc1)C(=O)C(Cl)(Cl)Cl. The third-order valence-electron chi connectivity index (χ3n) is 2.57. The Hall–Kier alpha value is -0.970. The number of carbonyl (C=O) groups excluding carboxylic acids is 2. The Labute approximate surface area is 145 Å². The maximum atomic E-state index is 12.2. The lowest BCUT2D eigenvalue weighted by atomic mass is 10.0. The highest BCUT2D eigenvalue weighted by molar-refractivity contribution is 6.76. The van der Waals surface area contributed by atoms with Crippen LogP contribution < -0.4 is 5.32 Å². The van der Waals surface area contributed by atoms with Gasteiger partial charge in [-0.3, -0.25) is 4.79 Å². The van der Waals surface area contributed by atoms with Gasteiger partial charge in [-0.15, -0.1) is 0 Å². The first kappa shape index (κ1) is 19.1. The van der Waals surface area contributed by atoms with E-state index in [0.29, 0.717) is 0 Å². The van der Waals surface area contributed by atoms with Crippen molar-refractivity contribution < 1.29 is 14.3 Å². The number of hydrogen-bond donors (Lipinski definition) is 1. The average Bonchev–Trinajstić information content (AvgIpc) is 2.35. The molecule has 22 heavy (non-hydrogen) atoms. The van der Waals surface area contributed by atoms with Crippen LogP contribution in [-0.4, -0.2) is 27.3 Å². The number of halogens is 3. The van der Waals surface area contributed by atoms with Gasteiger partial charge in [-0.2, -0.15) is 0 Å². The molecule has 1 N–H and O–H groups in total. The molecule has 0 fully saturated rings. The number of ketones is 1. The molecule has 1 rings (SSSR count). The Morgan fingerprint density at radius 2 is 1.68 bits per heavy atom. The van der Waals surface area contributed by atoms with Crippen LogP contribution in [0.4, 0.5) is 4.79 Å². The van der Waals surface area contributed by atoms with Crippen molar-refractivity contribution in [3.63, 3.8) is 0 Å². The minimum Gasteiger partial charge on any atom is -0.444 e. The van der Waals surface area contributed by atoms with E-state index in [1.54, 1.807) is 20.8 Å². The number of alkyl halides is 3. The first-order chi connectivity index (χ1) is 9.99. The van der Waals surface area contributed by atoms with Gasteiger partial charge in [0.2, 0.25) is 5.78 Å². The second-order valence-corrected chi connectivity index (χ2v) is 8.03. The quantitative estimate of drug-likeness (QED) is 0.818. The fourth-order valence-electron chi connectivity index (χ4n) is 1.71. The van der Waals surface area contributed by atoms with Crippen LogP contribution in [0.1, 0.15) is 26.3 Å². The second kappa shape index (κ2) is 7.53. The van der Waals surface area contributed by atoms with Crippen molar-refractivity contribution in [3.8, 4) is 0 Å². The number of nitrogens with one attached hydrogen (secondary N) is 1. The van der Waals surface area contributed by atoms with Gasteiger partial charge in [0.05, 0.1) is 6.04 Å². The van der Waals surface area contributed by atoms with Gasteiger partial charge in [-0.25, -0.2) is 4.79 Å². The highest BCUT2D eigenvalue weighted by Crippen LogP contribution is 2.29. The number of Topliss-reactive ketones (excluding diaryl/α,β-unsaturated/α-hetero) is 1. The molecule has 1 aromatic carbocycles. The average molecular weight is 367 g/mol. The molecule has 0 unspecified atom stereocenters. The number of ether oxygens (including phenoxy) is 1. The lowest BCUT2D eigenvalue weighted by Crippen LogP contribution is -2.48. The molecule has 0 heterocycles. The van der Waals surface area contributed by atoms with E-state index >= 15 is 0 Å². The highest BCUT2D eigenvalue weighted by atomic mass is 35.6. The van der Waals surface area contributed by atoms with Gasteiger partial charge in [-0.05, 0) is 26.3 Å². The van der Waals surface area contributed by atoms with E-state index in [2.05, 4.69) is 5.32 Å². The third-order valence-corrected chi connectivity index (χ3v) is 3.13. The molecule has 0 saturated heterocycles. The Morgan fingerprint density at radius 1 is 1.14 bits per heavy atom. The number of rotatable bonds is 4. The molecular weight excluding hydrogens is 349 g/mol. The molecule has 0 radical (unpaired) electrons. The summed E-state index contributed by atoms with van der Waals surface area (Å²) >= 11 is 17.0. The summed E-state index contributed by atoms with van der Waals surface area (Å²) in [5.41, 5.74) is 0.135. The van der Waals surface area contributed by atoms with Crippen molar-refractivity contribution in [1.82, 2.24) is 5.32 Å². The molecule has 0 spiro atoms. The van der Waals surface area contributed by atoms with Crippen molar-refractivity contribution in [3.05, 3.63) is 35.9 Å². The molecule has 0 bridgehead atoms. The monoisotopic (exact) mass is 365 g/mol. The van der Waals surface area contributed by atoms with E-state index < -0.39 is 27.3 Å². The van der Waals surface area contributed by atoms with Crippen molar-refractivity contribution >= 4 is 46.7 Å². The van der Waals surface area contributed by atoms with Gasteiger partial charge in [0.15, 0.2) is 0 Å². The summed E-state index contributed by atoms with van der Waals surface area (Å²) < 4.78 is 3.02. The van der Waals surface area contributed by atoms with Crippen molar-refractivity contribution in [2.24, 2.45) is 0 Å². The van der Waals surface area contributed by atoms with E-state index in [1.165, 1.54) is 0 Å². The van der Waals surface area contributed by atoms with Gasteiger partial charge in [0.1, 0.15) is 5.60 Å². The molecule has 0 saturated carbocycles. The molecular formula is C15H18Cl3NO3. The summed E-state index contributed by atoms with van der Waals surface area (Å²) in [6, 6.07) is 8.12. The highest BCUT2D eigenvalue weighted by Gasteiger charge is 2.38. The fourth-order valence-corrected chi connectivity index (χ4v) is 2.10. The van der Waals surface area contributed by atoms with Gasteiger partial charge in [-0.1, -0.05) is 65.1 Å². The zero-order valence-electron chi connectivity index (χ0n) is 12.5. The van der Waals surface area contributed by atoms with Crippen LogP contribution in [0, 0.1) is 0 Å². The first-order valence-electron chi connectivity index (χ1n) is 6.63. The van der Waals surface area contributed by atoms with Crippen LogP contribution in [0.5, 0.6) is 0 Å². The maximum Gasteiger partial charge on any atom is 0.408 e. The second-order valence-electron chi connectivity index (χ2n) is 5.75. The summed E-state index contributed by atoms with van der Waals surface area (Å²) in [4.78, 5) is 24.1. The van der Waals surface area contributed by atoms with Gasteiger partial charge in [0, 0.05) is 6.42 Å². The van der Waals surface area contributed by atoms with Gasteiger partial charge < -0.3 is 10.1 Å². The summed E-state index contributed by atoms with van der Waals surface area (Å²) in [5, 5.41) is 2.46. The van der Waals surface area contributed by atoms with Crippen molar-refractivity contribution in [2.75, 3.05) is 0 Å². The molecule has 4 nitrogen and oxygen atoms in total. The number of hydrogen-bond acceptors (Lipinski definition) is 3. The van der Waals surface area contributed by atoms with Crippen molar-refractivity contribution in [1.29, 1.82) is 0 Å². The molecule has 122 valence electrons. The fraction of sp³-hybridized carbons (Fsp3) is 0.467. The Kier molecular flexibility index (Phi) is 6.53. The largest absolute Gasteiger partial charge is 0.444 e. The summed E-state index contributed by atoms with van der Waals surface area (Å²) in [7, 11) is 0. The van der Waals surface area contributed by atoms with Crippen LogP contribution in [0.3, 0.4) is 0 Å². The summed E-state index contributed by atoms with van der Waals surface area (Å²) in [6.45, 7) is 5.15. The van der Waals surface area contributed by atoms with Crippen LogP contribution in [0.25, 0.3) is 0 Å². The van der Waals surface area contributed by atoms with E-state index in [-0.39, 0.29) is 6.42 Å². The maximum absolute atomic E-state index is 12.2. The van der Waals surface area contributed by atoms with Crippen LogP contribution in [-0.2, 0) is 16.0 Å². The van der Waals surface area contributed by atoms with Crippen molar-refractivity contribution in [2.45, 2.75) is 42.6 Å². The molecule has 0 aliphatic carbocycles. The molecule has 1 aromatic rings. The molecule has 1 amide bonds. The number of carbonyl (C=O) groups is 2. The molecule has 0 aromatic heterocycles. The Bertz CT molecular complexity index is 521. The lowest BCUT2D eigenvalue weighted by molar-refractivity contribution is -0.120. The third kappa shape index (κ3) is 6.86. The van der Waals surface area contributed by atoms with Crippen LogP contribution in [0.2, 0.25) is 0 Å². The van der Waals surface area contributed by atoms with Gasteiger partial charge in [0.25, 0.3) is 3.79 Å². The molecule has 1 atom stereocenters. The predicted molar refractivity (Wildman–Crippen MR) is 88.6 cm³/mol. The minimum atomic E-state index is -2.12. The zero-order chi connectivity index (χ0) is 17.0. The number of benzene rings is 1. The topological polar surface area (TPSA) is 55.4 Å². The van der Waals surface area contributed by atoms with E-state index in [0.717, 1.165) is 5.56 Å². The Balaban J connectivity index is 2.88. The van der Waals surface area contributed by atoms with E-state index in [1.807, 2.05) is 30.3 Å². The summed E-state index contributed by atoms with van der Waals surface area (Å²) in [5.74, 6) is -0.716. The molecule has 0 aliphatic heterocycles.